The zero-order chi connectivity index (χ0) is 28.1. The molecule has 2 saturated heterocycles. The summed E-state index contributed by atoms with van der Waals surface area (Å²) in [5.41, 5.74) is 1.61. The third-order valence-electron chi connectivity index (χ3n) is 8.56. The highest BCUT2D eigenvalue weighted by Crippen LogP contribution is 2.65. The Labute approximate surface area is 243 Å². The quantitative estimate of drug-likeness (QED) is 0.527. The molecule has 4 aliphatic rings. The van der Waals surface area contributed by atoms with Gasteiger partial charge in [-0.25, -0.2) is 0 Å². The van der Waals surface area contributed by atoms with Crippen molar-refractivity contribution < 1.29 is 19.5 Å². The highest BCUT2D eigenvalue weighted by atomic mass is 35.5. The van der Waals surface area contributed by atoms with Crippen molar-refractivity contribution in [3.8, 4) is 0 Å². The Morgan fingerprint density at radius 2 is 1.65 bits per heavy atom. The lowest BCUT2D eigenvalue weighted by Crippen LogP contribution is -2.53. The van der Waals surface area contributed by atoms with Crippen LogP contribution in [0.25, 0.3) is 0 Å². The van der Waals surface area contributed by atoms with Crippen molar-refractivity contribution in [2.75, 3.05) is 31.1 Å². The molecule has 1 N–H and O–H groups in total. The zero-order valence-electron chi connectivity index (χ0n) is 22.3. The number of likely N-dealkylation sites (tertiary alicyclic amines) is 1. The van der Waals surface area contributed by atoms with Gasteiger partial charge in [-0.15, -0.1) is 11.8 Å². The van der Waals surface area contributed by atoms with Crippen LogP contribution in [-0.4, -0.2) is 74.4 Å². The van der Waals surface area contributed by atoms with Gasteiger partial charge in [0.05, 0.1) is 27.3 Å². The van der Waals surface area contributed by atoms with Crippen LogP contribution in [0.1, 0.15) is 18.9 Å². The molecule has 4 heterocycles. The van der Waals surface area contributed by atoms with Crippen molar-refractivity contribution >= 4 is 46.8 Å². The molecule has 0 bridgehead atoms. The maximum Gasteiger partial charge on any atom is 0.251 e. The third-order valence-corrected chi connectivity index (χ3v) is 10.7. The van der Waals surface area contributed by atoms with Gasteiger partial charge in [-0.1, -0.05) is 78.4 Å². The number of carbonyl (C=O) groups excluding carboxylic acids is 3. The lowest BCUT2D eigenvalue weighted by molar-refractivity contribution is -0.144. The smallest absolute Gasteiger partial charge is 0.251 e. The number of hydrogen-bond acceptors (Lipinski definition) is 5. The molecule has 0 aromatic heterocycles. The SMILES string of the molecule is C[C@@]12C=CCN(Cc3ccccc3)C(=O)[C@@H]1[C@H]1C(=O)N(CCCO)C3C(=O)N(c4ccccc4Cl)CC=C[C@@]31S2. The number of amides is 3. The summed E-state index contributed by atoms with van der Waals surface area (Å²) < 4.78 is -1.61. The van der Waals surface area contributed by atoms with E-state index in [4.69, 9.17) is 11.6 Å². The molecule has 208 valence electrons. The maximum atomic E-state index is 14.4. The van der Waals surface area contributed by atoms with Crippen molar-refractivity contribution in [3.63, 3.8) is 0 Å². The summed E-state index contributed by atoms with van der Waals surface area (Å²) in [4.78, 5) is 48.2. The summed E-state index contributed by atoms with van der Waals surface area (Å²) in [6.45, 7) is 3.36. The first-order chi connectivity index (χ1) is 19.3. The number of halogens is 1. The number of hydrogen-bond donors (Lipinski definition) is 1. The van der Waals surface area contributed by atoms with Crippen molar-refractivity contribution in [2.45, 2.75) is 35.4 Å². The van der Waals surface area contributed by atoms with E-state index in [0.29, 0.717) is 36.8 Å². The third kappa shape index (κ3) is 4.19. The van der Waals surface area contributed by atoms with Crippen LogP contribution in [0, 0.1) is 11.8 Å². The molecular formula is C31H32ClN3O4S. The topological polar surface area (TPSA) is 81.2 Å². The van der Waals surface area contributed by atoms with Gasteiger partial charge in [-0.05, 0) is 31.0 Å². The van der Waals surface area contributed by atoms with Crippen molar-refractivity contribution in [1.82, 2.24) is 9.80 Å². The number of anilines is 1. The number of rotatable bonds is 6. The van der Waals surface area contributed by atoms with Crippen LogP contribution in [-0.2, 0) is 20.9 Å². The van der Waals surface area contributed by atoms with Crippen LogP contribution in [0.4, 0.5) is 5.69 Å². The predicted molar refractivity (Wildman–Crippen MR) is 157 cm³/mol. The molecule has 0 aliphatic carbocycles. The van der Waals surface area contributed by atoms with Crippen LogP contribution in [0.3, 0.4) is 0 Å². The lowest BCUT2D eigenvalue weighted by atomic mass is 9.74. The Kier molecular flexibility index (Phi) is 7.05. The lowest BCUT2D eigenvalue weighted by Gasteiger charge is -2.37. The predicted octanol–water partition coefficient (Wildman–Crippen LogP) is 3.91. The Hall–Kier alpha value is -3.07. The number of fused-ring (bicyclic) bond motifs is 2. The first kappa shape index (κ1) is 27.1. The van der Waals surface area contributed by atoms with Gasteiger partial charge in [0, 0.05) is 37.5 Å². The summed E-state index contributed by atoms with van der Waals surface area (Å²) in [5, 5.41) is 10.1. The number of aliphatic hydroxyl groups is 1. The van der Waals surface area contributed by atoms with Crippen molar-refractivity contribution in [1.29, 1.82) is 0 Å². The molecule has 2 aromatic carbocycles. The van der Waals surface area contributed by atoms with E-state index in [1.165, 1.54) is 0 Å². The minimum atomic E-state index is -0.936. The molecule has 7 nitrogen and oxygen atoms in total. The van der Waals surface area contributed by atoms with Crippen molar-refractivity contribution in [2.24, 2.45) is 11.8 Å². The van der Waals surface area contributed by atoms with E-state index >= 15 is 0 Å². The van der Waals surface area contributed by atoms with Gasteiger partial charge in [-0.3, -0.25) is 14.4 Å². The standard InChI is InChI=1S/C31H32ClN3O4S/c1-30-14-7-16-33(20-21-10-3-2-4-11-21)27(37)24(30)25-28(38)35(18-9-19-36)26-29(39)34(17-8-15-31(25,26)40-30)23-13-6-5-12-22(23)32/h2-8,10-15,24-26,36H,9,16-20H2,1H3/t24-,25-,26?,30+,31-/m0/s1. The molecule has 40 heavy (non-hydrogen) atoms. The molecule has 4 aliphatic heterocycles. The fourth-order valence-electron chi connectivity index (χ4n) is 6.89. The van der Waals surface area contributed by atoms with E-state index in [1.54, 1.807) is 33.7 Å². The highest BCUT2D eigenvalue weighted by molar-refractivity contribution is 8.02. The minimum absolute atomic E-state index is 0.0742. The van der Waals surface area contributed by atoms with Crippen LogP contribution in [0.2, 0.25) is 5.02 Å². The van der Waals surface area contributed by atoms with Gasteiger partial charge in [0.15, 0.2) is 0 Å². The van der Waals surface area contributed by atoms with Gasteiger partial charge < -0.3 is 19.8 Å². The first-order valence-electron chi connectivity index (χ1n) is 13.7. The van der Waals surface area contributed by atoms with Gasteiger partial charge in [0.2, 0.25) is 11.8 Å². The van der Waals surface area contributed by atoms with E-state index in [-0.39, 0.29) is 30.9 Å². The van der Waals surface area contributed by atoms with E-state index in [1.807, 2.05) is 72.5 Å². The minimum Gasteiger partial charge on any atom is -0.396 e. The molecule has 9 heteroatoms. The summed E-state index contributed by atoms with van der Waals surface area (Å²) in [6.07, 6.45) is 8.37. The zero-order valence-corrected chi connectivity index (χ0v) is 23.9. The molecule has 5 atom stereocenters. The second-order valence-electron chi connectivity index (χ2n) is 11.0. The van der Waals surface area contributed by atoms with E-state index in [9.17, 15) is 19.5 Å². The van der Waals surface area contributed by atoms with Gasteiger partial charge in [-0.2, -0.15) is 0 Å². The summed E-state index contributed by atoms with van der Waals surface area (Å²) in [7, 11) is 0. The molecule has 6 rings (SSSR count). The average Bonchev–Trinajstić information content (AvgIpc) is 3.21. The summed E-state index contributed by atoms with van der Waals surface area (Å²) >= 11 is 8.08. The van der Waals surface area contributed by atoms with Gasteiger partial charge >= 0.3 is 0 Å². The highest BCUT2D eigenvalue weighted by Gasteiger charge is 2.73. The molecule has 0 saturated carbocycles. The Morgan fingerprint density at radius 3 is 2.40 bits per heavy atom. The molecule has 3 amide bonds. The van der Waals surface area contributed by atoms with Gasteiger partial charge in [0.1, 0.15) is 6.04 Å². The number of nitrogens with zero attached hydrogens (tertiary/aromatic N) is 3. The van der Waals surface area contributed by atoms with Crippen LogP contribution < -0.4 is 4.90 Å². The fraction of sp³-hybridized carbons (Fsp3) is 0.387. The second kappa shape index (κ2) is 10.4. The van der Waals surface area contributed by atoms with E-state index < -0.39 is 27.4 Å². The van der Waals surface area contributed by atoms with E-state index in [2.05, 4.69) is 6.08 Å². The molecule has 1 unspecified atom stereocenters. The number of thioether (sulfide) groups is 1. The van der Waals surface area contributed by atoms with E-state index in [0.717, 1.165) is 5.56 Å². The molecule has 2 aromatic rings. The van der Waals surface area contributed by atoms with Crippen LogP contribution in [0.5, 0.6) is 0 Å². The molecule has 1 spiro atoms. The van der Waals surface area contributed by atoms with Crippen molar-refractivity contribution in [3.05, 3.63) is 89.5 Å². The number of benzene rings is 2. The second-order valence-corrected chi connectivity index (χ2v) is 13.2. The largest absolute Gasteiger partial charge is 0.396 e. The summed E-state index contributed by atoms with van der Waals surface area (Å²) in [6, 6.07) is 16.2. The Balaban J connectivity index is 1.43. The molecule has 2 fully saturated rings. The fourth-order valence-corrected chi connectivity index (χ4v) is 9.28. The van der Waals surface area contributed by atoms with Gasteiger partial charge in [0.25, 0.3) is 5.91 Å². The van der Waals surface area contributed by atoms with Crippen LogP contribution in [0.15, 0.2) is 78.9 Å². The van der Waals surface area contributed by atoms with Crippen LogP contribution >= 0.6 is 23.4 Å². The maximum absolute atomic E-state index is 14.4. The monoisotopic (exact) mass is 577 g/mol. The first-order valence-corrected chi connectivity index (χ1v) is 14.9. The molecule has 0 radical (unpaired) electrons. The number of para-hydroxylation sites is 1. The number of carbonyl (C=O) groups is 3. The molecular weight excluding hydrogens is 546 g/mol. The average molecular weight is 578 g/mol. The Bertz CT molecular complexity index is 1400. The summed E-state index contributed by atoms with van der Waals surface area (Å²) in [5.74, 6) is -1.86. The Morgan fingerprint density at radius 1 is 0.925 bits per heavy atom. The normalized spacial score (nSPS) is 31.2. The number of aliphatic hydroxyl groups excluding tert-OH is 1.